The molecule has 0 fully saturated rings. The third-order valence-corrected chi connectivity index (χ3v) is 2.27. The molecule has 124 valence electrons. The predicted molar refractivity (Wildman–Crippen MR) is 59.1 cm³/mol. The minimum atomic E-state index is -5.50. The lowest BCUT2D eigenvalue weighted by molar-refractivity contribution is -0.276. The molecular weight excluding hydrogens is 324 g/mol. The molecule has 1 aromatic rings. The quantitative estimate of drug-likeness (QED) is 0.679. The van der Waals surface area contributed by atoms with Gasteiger partial charge in [-0.15, -0.1) is 13.2 Å². The zero-order valence-electron chi connectivity index (χ0n) is 10.9. The molecule has 1 heterocycles. The molecule has 0 radical (unpaired) electrons. The minimum Gasteiger partial charge on any atom is -0.466 e. The zero-order valence-corrected chi connectivity index (χ0v) is 10.9. The fraction of sp³-hybridized carbons (Fsp3) is 0.455. The van der Waals surface area contributed by atoms with E-state index in [1.165, 1.54) is 6.92 Å². The number of aromatic amines is 1. The summed E-state index contributed by atoms with van der Waals surface area (Å²) in [6.07, 6.45) is -11.3. The average Bonchev–Trinajstić information content (AvgIpc) is 2.30. The van der Waals surface area contributed by atoms with E-state index in [1.807, 2.05) is 0 Å². The van der Waals surface area contributed by atoms with Gasteiger partial charge in [0, 0.05) is 6.20 Å². The molecule has 1 aromatic heterocycles. The number of carbonyl (C=O) groups excluding carboxylic acids is 1. The molecule has 0 atom stereocenters. The number of carbonyl (C=O) groups is 1. The second-order valence-corrected chi connectivity index (χ2v) is 3.87. The number of alkyl halides is 6. The molecule has 0 aliphatic carbocycles. The molecule has 1 N–H and O–H groups in total. The number of pyridine rings is 1. The molecule has 0 amide bonds. The monoisotopic (exact) mass is 333 g/mol. The average molecular weight is 333 g/mol. The van der Waals surface area contributed by atoms with Gasteiger partial charge < -0.3 is 14.5 Å². The van der Waals surface area contributed by atoms with Crippen molar-refractivity contribution in [2.45, 2.75) is 25.9 Å². The van der Waals surface area contributed by atoms with Crippen LogP contribution in [-0.2, 0) is 22.1 Å². The maximum Gasteiger partial charge on any atom is 0.573 e. The number of aromatic nitrogens is 1. The highest BCUT2D eigenvalue weighted by molar-refractivity contribution is 5.73. The second-order valence-electron chi connectivity index (χ2n) is 3.87. The highest BCUT2D eigenvalue weighted by Crippen LogP contribution is 2.38. The maximum atomic E-state index is 12.9. The van der Waals surface area contributed by atoms with Crippen molar-refractivity contribution in [3.63, 3.8) is 0 Å². The van der Waals surface area contributed by atoms with Crippen molar-refractivity contribution in [1.82, 2.24) is 4.98 Å². The first-order chi connectivity index (χ1) is 9.95. The van der Waals surface area contributed by atoms with Gasteiger partial charge >= 0.3 is 18.5 Å². The van der Waals surface area contributed by atoms with Crippen LogP contribution in [0.1, 0.15) is 18.1 Å². The molecule has 11 heteroatoms. The summed E-state index contributed by atoms with van der Waals surface area (Å²) in [6.45, 7) is 1.27. The van der Waals surface area contributed by atoms with Crippen molar-refractivity contribution in [1.29, 1.82) is 0 Å². The molecule has 0 bridgehead atoms. The zero-order chi connectivity index (χ0) is 17.1. The van der Waals surface area contributed by atoms with Gasteiger partial charge in [0.05, 0.1) is 13.0 Å². The fourth-order valence-electron chi connectivity index (χ4n) is 1.58. The number of esters is 1. The molecule has 5 nitrogen and oxygen atoms in total. The normalized spacial score (nSPS) is 12.1. The van der Waals surface area contributed by atoms with E-state index in [4.69, 9.17) is 0 Å². The molecule has 1 rings (SSSR count). The molecule has 0 unspecified atom stereocenters. The minimum absolute atomic E-state index is 0.130. The van der Waals surface area contributed by atoms with Gasteiger partial charge in [0.1, 0.15) is 5.56 Å². The van der Waals surface area contributed by atoms with Gasteiger partial charge in [-0.25, -0.2) is 0 Å². The fourth-order valence-corrected chi connectivity index (χ4v) is 1.58. The highest BCUT2D eigenvalue weighted by atomic mass is 19.4. The number of hydrogen-bond donors (Lipinski definition) is 1. The standard InChI is InChI=1S/C11H9F6NO4/c1-2-21-6(19)3-5-4-18-9(20)8(22-11(15,16)17)7(5)10(12,13)14/h4H,2-3H2,1H3,(H,18,20). The summed E-state index contributed by atoms with van der Waals surface area (Å²) < 4.78 is 82.9. The van der Waals surface area contributed by atoms with Crippen molar-refractivity contribution in [2.24, 2.45) is 0 Å². The molecule has 0 saturated carbocycles. The van der Waals surface area contributed by atoms with Gasteiger partial charge in [0.25, 0.3) is 5.56 Å². The summed E-state index contributed by atoms with van der Waals surface area (Å²) >= 11 is 0. The number of ether oxygens (including phenoxy) is 2. The molecule has 0 aromatic carbocycles. The Morgan fingerprint density at radius 2 is 1.82 bits per heavy atom. The lowest BCUT2D eigenvalue weighted by Crippen LogP contribution is -2.28. The Hall–Kier alpha value is -2.20. The Morgan fingerprint density at radius 3 is 2.27 bits per heavy atom. The van der Waals surface area contributed by atoms with E-state index >= 15 is 0 Å². The van der Waals surface area contributed by atoms with Crippen LogP contribution in [0.3, 0.4) is 0 Å². The van der Waals surface area contributed by atoms with Crippen LogP contribution in [0.25, 0.3) is 0 Å². The Kier molecular flexibility index (Phi) is 5.09. The summed E-state index contributed by atoms with van der Waals surface area (Å²) in [5, 5.41) is 0. The van der Waals surface area contributed by atoms with Gasteiger partial charge in [-0.2, -0.15) is 13.2 Å². The van der Waals surface area contributed by atoms with Crippen LogP contribution in [0.2, 0.25) is 0 Å². The number of H-pyrrole nitrogens is 1. The van der Waals surface area contributed by atoms with Gasteiger partial charge in [-0.3, -0.25) is 9.59 Å². The van der Waals surface area contributed by atoms with E-state index in [0.29, 0.717) is 6.20 Å². The molecule has 0 aliphatic rings. The van der Waals surface area contributed by atoms with Crippen molar-refractivity contribution in [3.8, 4) is 5.75 Å². The van der Waals surface area contributed by atoms with Crippen LogP contribution in [0, 0.1) is 0 Å². The number of rotatable bonds is 4. The van der Waals surface area contributed by atoms with E-state index in [9.17, 15) is 35.9 Å². The summed E-state index contributed by atoms with van der Waals surface area (Å²) in [4.78, 5) is 24.1. The van der Waals surface area contributed by atoms with Crippen LogP contribution in [-0.4, -0.2) is 23.9 Å². The molecular formula is C11H9F6NO4. The Bertz CT molecular complexity index is 604. The van der Waals surface area contributed by atoms with E-state index in [-0.39, 0.29) is 6.61 Å². The van der Waals surface area contributed by atoms with Crippen molar-refractivity contribution in [3.05, 3.63) is 27.7 Å². The summed E-state index contributed by atoms with van der Waals surface area (Å²) in [5.74, 6) is -3.07. The van der Waals surface area contributed by atoms with Crippen molar-refractivity contribution >= 4 is 5.97 Å². The van der Waals surface area contributed by atoms with Crippen LogP contribution in [0.5, 0.6) is 5.75 Å². The second kappa shape index (κ2) is 6.28. The third-order valence-electron chi connectivity index (χ3n) is 2.27. The number of hydrogen-bond acceptors (Lipinski definition) is 4. The van der Waals surface area contributed by atoms with Crippen molar-refractivity contribution in [2.75, 3.05) is 6.61 Å². The van der Waals surface area contributed by atoms with E-state index in [1.54, 1.807) is 4.98 Å². The van der Waals surface area contributed by atoms with Crippen molar-refractivity contribution < 1.29 is 40.6 Å². The first kappa shape index (κ1) is 17.9. The topological polar surface area (TPSA) is 68.4 Å². The Morgan fingerprint density at radius 1 is 1.23 bits per heavy atom. The molecule has 0 aliphatic heterocycles. The molecule has 0 saturated heterocycles. The largest absolute Gasteiger partial charge is 0.573 e. The summed E-state index contributed by atoms with van der Waals surface area (Å²) in [7, 11) is 0. The van der Waals surface area contributed by atoms with Gasteiger partial charge in [0.15, 0.2) is 0 Å². The van der Waals surface area contributed by atoms with Crippen LogP contribution in [0.15, 0.2) is 11.0 Å². The maximum absolute atomic E-state index is 12.9. The summed E-state index contributed by atoms with van der Waals surface area (Å²) in [5.41, 5.74) is -4.59. The van der Waals surface area contributed by atoms with E-state index < -0.39 is 47.4 Å². The SMILES string of the molecule is CCOC(=O)Cc1c[nH]c(=O)c(OC(F)(F)F)c1C(F)(F)F. The number of halogens is 6. The van der Waals surface area contributed by atoms with Gasteiger partial charge in [0.2, 0.25) is 5.75 Å². The van der Waals surface area contributed by atoms with Crippen LogP contribution in [0.4, 0.5) is 26.3 Å². The summed E-state index contributed by atoms with van der Waals surface area (Å²) in [6, 6.07) is 0. The highest BCUT2D eigenvalue weighted by Gasteiger charge is 2.43. The first-order valence-corrected chi connectivity index (χ1v) is 5.68. The Balaban J connectivity index is 3.43. The van der Waals surface area contributed by atoms with E-state index in [2.05, 4.69) is 9.47 Å². The van der Waals surface area contributed by atoms with Gasteiger partial charge in [-0.1, -0.05) is 0 Å². The lowest BCUT2D eigenvalue weighted by Gasteiger charge is -2.17. The molecule has 0 spiro atoms. The lowest BCUT2D eigenvalue weighted by atomic mass is 10.1. The Labute approximate surface area is 118 Å². The van der Waals surface area contributed by atoms with E-state index in [0.717, 1.165) is 0 Å². The predicted octanol–water partition coefficient (Wildman–Crippen LogP) is 2.40. The van der Waals surface area contributed by atoms with Gasteiger partial charge in [-0.05, 0) is 12.5 Å². The number of nitrogens with one attached hydrogen (secondary N) is 1. The third kappa shape index (κ3) is 4.67. The van der Waals surface area contributed by atoms with Crippen LogP contribution >= 0.6 is 0 Å². The smallest absolute Gasteiger partial charge is 0.466 e. The van der Waals surface area contributed by atoms with Crippen LogP contribution < -0.4 is 10.3 Å². The molecule has 22 heavy (non-hydrogen) atoms. The first-order valence-electron chi connectivity index (χ1n) is 5.68.